The summed E-state index contributed by atoms with van der Waals surface area (Å²) in [7, 11) is -3.17. The summed E-state index contributed by atoms with van der Waals surface area (Å²) < 4.78 is 30.8. The lowest BCUT2D eigenvalue weighted by Crippen LogP contribution is -2.48. The highest BCUT2D eigenvalue weighted by Gasteiger charge is 2.37. The Kier molecular flexibility index (Phi) is 7.30. The molecule has 1 fully saturated rings. The van der Waals surface area contributed by atoms with Crippen molar-refractivity contribution in [3.63, 3.8) is 0 Å². The van der Waals surface area contributed by atoms with Gasteiger partial charge in [0, 0.05) is 17.6 Å². The Morgan fingerprint density at radius 2 is 1.77 bits per heavy atom. The maximum Gasteiger partial charge on any atom is 0.378 e. The van der Waals surface area contributed by atoms with Crippen molar-refractivity contribution in [2.75, 3.05) is 18.1 Å². The molecule has 2 aromatic carbocycles. The summed E-state index contributed by atoms with van der Waals surface area (Å²) in [5.74, 6) is -0.971. The summed E-state index contributed by atoms with van der Waals surface area (Å²) in [4.78, 5) is 31.8. The van der Waals surface area contributed by atoms with Gasteiger partial charge in [-0.25, -0.2) is 22.9 Å². The molecule has 0 bridgehead atoms. The number of aromatic nitrogens is 3. The molecule has 0 saturated carbocycles. The minimum Gasteiger partial charge on any atom is -0.450 e. The van der Waals surface area contributed by atoms with Gasteiger partial charge >= 0.3 is 5.97 Å². The number of amides is 1. The fourth-order valence-electron chi connectivity index (χ4n) is 4.19. The second-order valence-electron chi connectivity index (χ2n) is 8.56. The molecule has 2 unspecified atom stereocenters. The number of carbonyl (C=O) groups excluding carboxylic acids is 2. The topological polar surface area (TPSA) is 111 Å². The molecular formula is C25H28N4O5S. The third kappa shape index (κ3) is 5.59. The summed E-state index contributed by atoms with van der Waals surface area (Å²) in [6, 6.07) is 18.0. The highest BCUT2D eigenvalue weighted by molar-refractivity contribution is 7.91. The lowest BCUT2D eigenvalue weighted by molar-refractivity contribution is -0.138. The summed E-state index contributed by atoms with van der Waals surface area (Å²) in [6.07, 6.45) is 1.04. The number of para-hydroxylation sites is 1. The van der Waals surface area contributed by atoms with Gasteiger partial charge in [-0.2, -0.15) is 0 Å². The van der Waals surface area contributed by atoms with Crippen LogP contribution in [0.1, 0.15) is 37.3 Å². The number of ether oxygens (including phenoxy) is 1. The first kappa shape index (κ1) is 24.6. The summed E-state index contributed by atoms with van der Waals surface area (Å²) in [5, 5.41) is 4.35. The van der Waals surface area contributed by atoms with Crippen molar-refractivity contribution in [3.8, 4) is 17.1 Å². The van der Waals surface area contributed by atoms with Gasteiger partial charge in [-0.3, -0.25) is 4.79 Å². The summed E-state index contributed by atoms with van der Waals surface area (Å²) in [5.41, 5.74) is 1.49. The van der Waals surface area contributed by atoms with E-state index < -0.39 is 34.4 Å². The van der Waals surface area contributed by atoms with Gasteiger partial charge in [0.15, 0.2) is 22.3 Å². The number of hydrogen-bond acceptors (Lipinski definition) is 7. The third-order valence-electron chi connectivity index (χ3n) is 6.10. The highest BCUT2D eigenvalue weighted by atomic mass is 32.2. The number of benzene rings is 2. The molecule has 9 nitrogen and oxygen atoms in total. The zero-order chi connectivity index (χ0) is 25.0. The molecule has 4 rings (SSSR count). The van der Waals surface area contributed by atoms with E-state index in [0.717, 1.165) is 11.3 Å². The number of sulfone groups is 1. The predicted octanol–water partition coefficient (Wildman–Crippen LogP) is 2.91. The Balaban J connectivity index is 1.53. The van der Waals surface area contributed by atoms with Gasteiger partial charge in [-0.1, -0.05) is 55.5 Å². The Bertz CT molecular complexity index is 1230. The molecule has 0 radical (unpaired) electrons. The van der Waals surface area contributed by atoms with Crippen LogP contribution in [0.25, 0.3) is 17.1 Å². The van der Waals surface area contributed by atoms with Crippen LogP contribution < -0.4 is 0 Å². The van der Waals surface area contributed by atoms with Crippen molar-refractivity contribution in [1.29, 1.82) is 0 Å². The van der Waals surface area contributed by atoms with Crippen molar-refractivity contribution in [3.05, 3.63) is 66.5 Å². The predicted molar refractivity (Wildman–Crippen MR) is 131 cm³/mol. The van der Waals surface area contributed by atoms with E-state index >= 15 is 0 Å². The van der Waals surface area contributed by atoms with Crippen molar-refractivity contribution >= 4 is 21.7 Å². The number of rotatable bonds is 8. The third-order valence-corrected chi connectivity index (χ3v) is 7.86. The summed E-state index contributed by atoms with van der Waals surface area (Å²) in [6.45, 7) is 3.27. The van der Waals surface area contributed by atoms with Crippen LogP contribution in [0.15, 0.2) is 60.7 Å². The fourth-order valence-corrected chi connectivity index (χ4v) is 5.90. The van der Waals surface area contributed by atoms with Gasteiger partial charge in [0.1, 0.15) is 0 Å². The number of carbonyl (C=O) groups is 2. The number of esters is 1. The first-order valence-electron chi connectivity index (χ1n) is 11.6. The molecule has 2 heterocycles. The van der Waals surface area contributed by atoms with Crippen LogP contribution in [0.3, 0.4) is 0 Å². The van der Waals surface area contributed by atoms with Crippen LogP contribution in [-0.4, -0.2) is 70.2 Å². The lowest BCUT2D eigenvalue weighted by atomic mass is 10.1. The van der Waals surface area contributed by atoms with Crippen LogP contribution in [0.4, 0.5) is 0 Å². The molecule has 1 aromatic heterocycles. The average Bonchev–Trinajstić information content (AvgIpc) is 3.47. The molecule has 10 heteroatoms. The smallest absolute Gasteiger partial charge is 0.378 e. The zero-order valence-electron chi connectivity index (χ0n) is 19.7. The second kappa shape index (κ2) is 10.4. The molecule has 1 saturated heterocycles. The van der Waals surface area contributed by atoms with E-state index in [0.29, 0.717) is 18.7 Å². The van der Waals surface area contributed by atoms with Gasteiger partial charge < -0.3 is 9.64 Å². The molecule has 0 aliphatic carbocycles. The summed E-state index contributed by atoms with van der Waals surface area (Å²) >= 11 is 0. The SMILES string of the molecule is CCC(C)N(C(=O)COC(=O)c1nc(-c2ccccc2)n(-c2ccccc2)n1)C1CCS(=O)(=O)C1. The maximum atomic E-state index is 13.0. The Morgan fingerprint density at radius 1 is 1.11 bits per heavy atom. The van der Waals surface area contributed by atoms with E-state index in [9.17, 15) is 18.0 Å². The minimum atomic E-state index is -3.17. The van der Waals surface area contributed by atoms with Crippen molar-refractivity contribution < 1.29 is 22.7 Å². The molecule has 3 aromatic rings. The fraction of sp³-hybridized carbons (Fsp3) is 0.360. The van der Waals surface area contributed by atoms with Gasteiger partial charge in [0.25, 0.3) is 11.7 Å². The molecule has 0 N–H and O–H groups in total. The van der Waals surface area contributed by atoms with Crippen molar-refractivity contribution in [2.24, 2.45) is 0 Å². The van der Waals surface area contributed by atoms with Crippen molar-refractivity contribution in [2.45, 2.75) is 38.8 Å². The molecule has 2 atom stereocenters. The minimum absolute atomic E-state index is 0.0563. The lowest BCUT2D eigenvalue weighted by Gasteiger charge is -2.33. The molecule has 1 aliphatic heterocycles. The normalized spacial score (nSPS) is 17.6. The van der Waals surface area contributed by atoms with Gasteiger partial charge in [0.05, 0.1) is 17.2 Å². The largest absolute Gasteiger partial charge is 0.450 e. The van der Waals surface area contributed by atoms with Gasteiger partial charge in [-0.05, 0) is 31.9 Å². The Morgan fingerprint density at radius 3 is 2.37 bits per heavy atom. The van der Waals surface area contributed by atoms with Gasteiger partial charge in [-0.15, -0.1) is 5.10 Å². The van der Waals surface area contributed by atoms with Crippen LogP contribution in [0.2, 0.25) is 0 Å². The highest BCUT2D eigenvalue weighted by Crippen LogP contribution is 2.23. The van der Waals surface area contributed by atoms with Crippen LogP contribution in [0, 0.1) is 0 Å². The van der Waals surface area contributed by atoms with E-state index in [4.69, 9.17) is 4.74 Å². The number of hydrogen-bond donors (Lipinski definition) is 0. The molecule has 184 valence electrons. The first-order valence-corrected chi connectivity index (χ1v) is 13.4. The zero-order valence-corrected chi connectivity index (χ0v) is 20.5. The molecule has 0 spiro atoms. The van der Waals surface area contributed by atoms with E-state index in [1.165, 1.54) is 0 Å². The molecule has 1 amide bonds. The molecular weight excluding hydrogens is 468 g/mol. The molecule has 35 heavy (non-hydrogen) atoms. The average molecular weight is 497 g/mol. The maximum absolute atomic E-state index is 13.0. The first-order chi connectivity index (χ1) is 16.8. The standard InChI is InChI=1S/C25H28N4O5S/c1-3-18(2)28(21-14-15-35(32,33)17-21)22(30)16-34-25(31)23-26-24(19-10-6-4-7-11-19)29(27-23)20-12-8-5-9-13-20/h4-13,18,21H,3,14-17H2,1-2H3. The van der Waals surface area contributed by atoms with Crippen LogP contribution >= 0.6 is 0 Å². The quantitative estimate of drug-likeness (QED) is 0.441. The van der Waals surface area contributed by atoms with Crippen molar-refractivity contribution in [1.82, 2.24) is 19.7 Å². The Hall–Kier alpha value is -3.53. The van der Waals surface area contributed by atoms with E-state index in [1.807, 2.05) is 74.5 Å². The van der Waals surface area contributed by atoms with Crippen LogP contribution in [-0.2, 0) is 19.4 Å². The van der Waals surface area contributed by atoms with E-state index in [1.54, 1.807) is 9.58 Å². The second-order valence-corrected chi connectivity index (χ2v) is 10.8. The number of nitrogens with zero attached hydrogens (tertiary/aromatic N) is 4. The van der Waals surface area contributed by atoms with E-state index in [2.05, 4.69) is 10.1 Å². The van der Waals surface area contributed by atoms with Gasteiger partial charge in [0.2, 0.25) is 0 Å². The Labute approximate surface area is 204 Å². The molecule has 1 aliphatic rings. The van der Waals surface area contributed by atoms with E-state index in [-0.39, 0.29) is 23.4 Å². The van der Waals surface area contributed by atoms with Crippen LogP contribution in [0.5, 0.6) is 0 Å². The monoisotopic (exact) mass is 496 g/mol.